The van der Waals surface area contributed by atoms with Crippen molar-refractivity contribution in [1.29, 1.82) is 0 Å². The highest BCUT2D eigenvalue weighted by Crippen LogP contribution is 2.26. The lowest BCUT2D eigenvalue weighted by atomic mass is 9.93. The fourth-order valence-corrected chi connectivity index (χ4v) is 1.96. The van der Waals surface area contributed by atoms with E-state index in [4.69, 9.17) is 9.47 Å². The van der Waals surface area contributed by atoms with Crippen molar-refractivity contribution in [2.75, 3.05) is 0 Å². The maximum absolute atomic E-state index is 9.82. The van der Waals surface area contributed by atoms with Crippen LogP contribution in [0.4, 0.5) is 0 Å². The third-order valence-corrected chi connectivity index (χ3v) is 2.78. The standard InChI is InChI=1S/C12H24O5/c1-6(2)5-8-9(13)10(14)11(15)12(17-8)16-7(3)4/h6-15H,5H2,1-4H3. The van der Waals surface area contributed by atoms with Gasteiger partial charge in [0.05, 0.1) is 12.2 Å². The summed E-state index contributed by atoms with van der Waals surface area (Å²) in [6.45, 7) is 7.66. The Hall–Kier alpha value is -0.200. The summed E-state index contributed by atoms with van der Waals surface area (Å²) in [5.41, 5.74) is 0. The topological polar surface area (TPSA) is 79.2 Å². The van der Waals surface area contributed by atoms with Gasteiger partial charge in [-0.1, -0.05) is 13.8 Å². The molecule has 0 bridgehead atoms. The van der Waals surface area contributed by atoms with Crippen molar-refractivity contribution in [2.24, 2.45) is 5.92 Å². The van der Waals surface area contributed by atoms with Crippen molar-refractivity contribution >= 4 is 0 Å². The molecule has 0 aromatic rings. The van der Waals surface area contributed by atoms with Crippen LogP contribution in [0.15, 0.2) is 0 Å². The molecular weight excluding hydrogens is 224 g/mol. The maximum Gasteiger partial charge on any atom is 0.186 e. The molecule has 1 saturated heterocycles. The summed E-state index contributed by atoms with van der Waals surface area (Å²) < 4.78 is 10.9. The number of hydrogen-bond acceptors (Lipinski definition) is 5. The summed E-state index contributed by atoms with van der Waals surface area (Å²) in [6.07, 6.45) is -4.39. The van der Waals surface area contributed by atoms with Gasteiger partial charge in [-0.05, 0) is 26.2 Å². The Morgan fingerprint density at radius 2 is 1.59 bits per heavy atom. The van der Waals surface area contributed by atoms with E-state index in [0.717, 1.165) is 0 Å². The largest absolute Gasteiger partial charge is 0.388 e. The highest BCUT2D eigenvalue weighted by molar-refractivity contribution is 4.89. The average Bonchev–Trinajstić information content (AvgIpc) is 2.20. The lowest BCUT2D eigenvalue weighted by molar-refractivity contribution is -0.306. The molecule has 0 aromatic heterocycles. The van der Waals surface area contributed by atoms with E-state index in [9.17, 15) is 15.3 Å². The molecule has 1 fully saturated rings. The summed E-state index contributed by atoms with van der Waals surface area (Å²) in [5, 5.41) is 29.3. The van der Waals surface area contributed by atoms with Crippen LogP contribution in [0.5, 0.6) is 0 Å². The van der Waals surface area contributed by atoms with Gasteiger partial charge in [0.15, 0.2) is 6.29 Å². The Morgan fingerprint density at radius 3 is 2.06 bits per heavy atom. The fraction of sp³-hybridized carbons (Fsp3) is 1.00. The minimum absolute atomic E-state index is 0.114. The van der Waals surface area contributed by atoms with Gasteiger partial charge in [-0.2, -0.15) is 0 Å². The van der Waals surface area contributed by atoms with E-state index in [0.29, 0.717) is 12.3 Å². The lowest BCUT2D eigenvalue weighted by Gasteiger charge is -2.41. The third-order valence-electron chi connectivity index (χ3n) is 2.78. The van der Waals surface area contributed by atoms with E-state index in [1.165, 1.54) is 0 Å². The van der Waals surface area contributed by atoms with Gasteiger partial charge in [0.25, 0.3) is 0 Å². The van der Waals surface area contributed by atoms with Crippen molar-refractivity contribution < 1.29 is 24.8 Å². The first-order valence-electron chi connectivity index (χ1n) is 6.18. The molecule has 17 heavy (non-hydrogen) atoms. The SMILES string of the molecule is CC(C)CC1OC(OC(C)C)C(O)C(O)C1O. The van der Waals surface area contributed by atoms with Gasteiger partial charge >= 0.3 is 0 Å². The molecule has 1 heterocycles. The van der Waals surface area contributed by atoms with Gasteiger partial charge < -0.3 is 24.8 Å². The molecule has 0 radical (unpaired) electrons. The summed E-state index contributed by atoms with van der Waals surface area (Å²) in [4.78, 5) is 0. The molecule has 5 atom stereocenters. The lowest BCUT2D eigenvalue weighted by Crippen LogP contribution is -2.58. The zero-order chi connectivity index (χ0) is 13.2. The molecule has 5 nitrogen and oxygen atoms in total. The highest BCUT2D eigenvalue weighted by atomic mass is 16.7. The van der Waals surface area contributed by atoms with E-state index in [1.807, 2.05) is 27.7 Å². The molecule has 0 spiro atoms. The molecule has 0 aromatic carbocycles. The minimum Gasteiger partial charge on any atom is -0.388 e. The molecule has 5 heteroatoms. The normalized spacial score (nSPS) is 39.0. The fourth-order valence-electron chi connectivity index (χ4n) is 1.96. The molecular formula is C12H24O5. The molecule has 3 N–H and O–H groups in total. The van der Waals surface area contributed by atoms with Crippen LogP contribution < -0.4 is 0 Å². The van der Waals surface area contributed by atoms with Crippen LogP contribution in [0.2, 0.25) is 0 Å². The van der Waals surface area contributed by atoms with Crippen LogP contribution in [-0.2, 0) is 9.47 Å². The van der Waals surface area contributed by atoms with Gasteiger partial charge in [0.1, 0.15) is 18.3 Å². The molecule has 5 unspecified atom stereocenters. The second-order valence-electron chi connectivity index (χ2n) is 5.33. The van der Waals surface area contributed by atoms with Crippen molar-refractivity contribution in [2.45, 2.75) is 70.9 Å². The second kappa shape index (κ2) is 6.11. The highest BCUT2D eigenvalue weighted by Gasteiger charge is 2.44. The van der Waals surface area contributed by atoms with Crippen molar-refractivity contribution in [3.63, 3.8) is 0 Å². The van der Waals surface area contributed by atoms with Crippen LogP contribution >= 0.6 is 0 Å². The zero-order valence-electron chi connectivity index (χ0n) is 10.9. The van der Waals surface area contributed by atoms with E-state index >= 15 is 0 Å². The molecule has 1 rings (SSSR count). The van der Waals surface area contributed by atoms with Crippen molar-refractivity contribution in [1.82, 2.24) is 0 Å². The number of rotatable bonds is 4. The molecule has 0 aliphatic carbocycles. The van der Waals surface area contributed by atoms with Crippen molar-refractivity contribution in [3.8, 4) is 0 Å². The van der Waals surface area contributed by atoms with Gasteiger partial charge in [0.2, 0.25) is 0 Å². The molecule has 1 aliphatic rings. The average molecular weight is 248 g/mol. The Balaban J connectivity index is 2.68. The first kappa shape index (κ1) is 14.9. The number of aliphatic hydroxyl groups excluding tert-OH is 3. The quantitative estimate of drug-likeness (QED) is 0.665. The first-order valence-corrected chi connectivity index (χ1v) is 6.18. The van der Waals surface area contributed by atoms with Gasteiger partial charge in [-0.3, -0.25) is 0 Å². The number of aliphatic hydroxyl groups is 3. The van der Waals surface area contributed by atoms with E-state index in [2.05, 4.69) is 0 Å². The Labute approximate surface area is 102 Å². The Bertz CT molecular complexity index is 209. The van der Waals surface area contributed by atoms with E-state index < -0.39 is 30.7 Å². The summed E-state index contributed by atoms with van der Waals surface area (Å²) in [6, 6.07) is 0. The molecule has 0 amide bonds. The Kier molecular flexibility index (Phi) is 5.34. The van der Waals surface area contributed by atoms with Gasteiger partial charge in [-0.15, -0.1) is 0 Å². The van der Waals surface area contributed by atoms with Crippen molar-refractivity contribution in [3.05, 3.63) is 0 Å². The smallest absolute Gasteiger partial charge is 0.186 e. The molecule has 102 valence electrons. The van der Waals surface area contributed by atoms with Crippen LogP contribution in [0.25, 0.3) is 0 Å². The monoisotopic (exact) mass is 248 g/mol. The first-order chi connectivity index (χ1) is 7.82. The predicted octanol–water partition coefficient (Wildman–Crippen LogP) is 0.265. The van der Waals surface area contributed by atoms with Crippen LogP contribution in [0, 0.1) is 5.92 Å². The molecule has 1 aliphatic heterocycles. The van der Waals surface area contributed by atoms with Crippen LogP contribution in [-0.4, -0.2) is 52.1 Å². The van der Waals surface area contributed by atoms with Gasteiger partial charge in [-0.25, -0.2) is 0 Å². The third kappa shape index (κ3) is 3.89. The minimum atomic E-state index is -1.23. The van der Waals surface area contributed by atoms with E-state index in [-0.39, 0.29) is 6.10 Å². The predicted molar refractivity (Wildman–Crippen MR) is 62.4 cm³/mol. The summed E-state index contributed by atoms with van der Waals surface area (Å²) in [7, 11) is 0. The second-order valence-corrected chi connectivity index (χ2v) is 5.33. The van der Waals surface area contributed by atoms with E-state index in [1.54, 1.807) is 0 Å². The van der Waals surface area contributed by atoms with Gasteiger partial charge in [0, 0.05) is 0 Å². The molecule has 0 saturated carbocycles. The Morgan fingerprint density at radius 1 is 1.00 bits per heavy atom. The summed E-state index contributed by atoms with van der Waals surface area (Å²) >= 11 is 0. The zero-order valence-corrected chi connectivity index (χ0v) is 10.9. The van der Waals surface area contributed by atoms with Crippen LogP contribution in [0.1, 0.15) is 34.1 Å². The van der Waals surface area contributed by atoms with Crippen LogP contribution in [0.3, 0.4) is 0 Å². The number of ether oxygens (including phenoxy) is 2. The summed E-state index contributed by atoms with van der Waals surface area (Å²) in [5.74, 6) is 0.330. The maximum atomic E-state index is 9.82. The number of hydrogen-bond donors (Lipinski definition) is 3.